The molecule has 8 heteroatoms. The molecule has 0 bridgehead atoms. The van der Waals surface area contributed by atoms with Crippen molar-refractivity contribution in [3.63, 3.8) is 0 Å². The van der Waals surface area contributed by atoms with Crippen LogP contribution in [0.25, 0.3) is 0 Å². The van der Waals surface area contributed by atoms with Gasteiger partial charge in [-0.05, 0) is 42.5 Å². The Hall–Kier alpha value is -1.96. The van der Waals surface area contributed by atoms with Crippen LogP contribution >= 0.6 is 11.6 Å². The minimum absolute atomic E-state index is 0.271. The second-order valence-electron chi connectivity index (χ2n) is 5.78. The molecule has 1 aliphatic rings. The highest BCUT2D eigenvalue weighted by atomic mass is 35.5. The number of rotatable bonds is 4. The summed E-state index contributed by atoms with van der Waals surface area (Å²) in [5.41, 5.74) is 7.20. The summed E-state index contributed by atoms with van der Waals surface area (Å²) in [5.74, 6) is 0.627. The van der Waals surface area contributed by atoms with Crippen molar-refractivity contribution >= 4 is 33.0 Å². The van der Waals surface area contributed by atoms with Gasteiger partial charge in [-0.3, -0.25) is 0 Å². The van der Waals surface area contributed by atoms with Gasteiger partial charge in [-0.2, -0.15) is 4.31 Å². The van der Waals surface area contributed by atoms with E-state index in [0.29, 0.717) is 42.6 Å². The Kier molecular flexibility index (Phi) is 5.08. The number of hydrogen-bond acceptors (Lipinski definition) is 5. The molecule has 1 aliphatic heterocycles. The van der Waals surface area contributed by atoms with Crippen LogP contribution in [0.1, 0.15) is 0 Å². The van der Waals surface area contributed by atoms with Gasteiger partial charge >= 0.3 is 0 Å². The van der Waals surface area contributed by atoms with E-state index in [0.717, 1.165) is 5.69 Å². The minimum atomic E-state index is -3.51. The highest BCUT2D eigenvalue weighted by molar-refractivity contribution is 7.89. The van der Waals surface area contributed by atoms with E-state index in [1.807, 2.05) is 6.07 Å². The van der Waals surface area contributed by atoms with Crippen molar-refractivity contribution in [2.75, 3.05) is 43.9 Å². The average Bonchev–Trinajstić information content (AvgIpc) is 2.62. The number of nitrogens with two attached hydrogens (primary N) is 1. The van der Waals surface area contributed by atoms with Crippen LogP contribution in [0.2, 0.25) is 5.02 Å². The average molecular weight is 382 g/mol. The molecule has 0 aliphatic carbocycles. The molecule has 2 aromatic carbocycles. The van der Waals surface area contributed by atoms with E-state index in [-0.39, 0.29) is 4.90 Å². The summed E-state index contributed by atoms with van der Waals surface area (Å²) in [6.45, 7) is 1.93. The maximum absolute atomic E-state index is 12.8. The third-order valence-electron chi connectivity index (χ3n) is 4.25. The normalized spacial score (nSPS) is 16.0. The number of piperazine rings is 1. The summed E-state index contributed by atoms with van der Waals surface area (Å²) in [5, 5.41) is 0.575. The lowest BCUT2D eigenvalue weighted by Crippen LogP contribution is -2.48. The molecular weight excluding hydrogens is 362 g/mol. The largest absolute Gasteiger partial charge is 0.497 e. The number of nitrogen functional groups attached to an aromatic ring is 1. The van der Waals surface area contributed by atoms with Gasteiger partial charge < -0.3 is 15.4 Å². The first-order valence-corrected chi connectivity index (χ1v) is 9.68. The fraction of sp³-hybridized carbons (Fsp3) is 0.294. The first-order valence-electron chi connectivity index (χ1n) is 7.86. The maximum Gasteiger partial charge on any atom is 0.243 e. The van der Waals surface area contributed by atoms with Crippen LogP contribution in [0.3, 0.4) is 0 Å². The first kappa shape index (κ1) is 17.8. The van der Waals surface area contributed by atoms with E-state index in [2.05, 4.69) is 4.90 Å². The second kappa shape index (κ2) is 7.11. The Morgan fingerprint density at radius 3 is 2.24 bits per heavy atom. The van der Waals surface area contributed by atoms with Gasteiger partial charge in [0.25, 0.3) is 0 Å². The molecule has 3 rings (SSSR count). The Labute approximate surface area is 152 Å². The third-order valence-corrected chi connectivity index (χ3v) is 6.46. The number of sulfonamides is 1. The number of anilines is 2. The number of halogens is 1. The van der Waals surface area contributed by atoms with E-state index in [1.165, 1.54) is 4.31 Å². The zero-order valence-electron chi connectivity index (χ0n) is 13.9. The number of hydrogen-bond donors (Lipinski definition) is 1. The third kappa shape index (κ3) is 3.68. The summed E-state index contributed by atoms with van der Waals surface area (Å²) in [6, 6.07) is 11.8. The molecule has 0 saturated carbocycles. The van der Waals surface area contributed by atoms with Crippen LogP contribution in [0, 0.1) is 0 Å². The summed E-state index contributed by atoms with van der Waals surface area (Å²) < 4.78 is 32.1. The predicted octanol–water partition coefficient (Wildman–Crippen LogP) is 2.44. The van der Waals surface area contributed by atoms with Crippen molar-refractivity contribution in [2.24, 2.45) is 0 Å². The van der Waals surface area contributed by atoms with Crippen molar-refractivity contribution in [3.8, 4) is 5.75 Å². The number of ether oxygens (including phenoxy) is 1. The first-order chi connectivity index (χ1) is 11.9. The van der Waals surface area contributed by atoms with E-state index in [1.54, 1.807) is 43.5 Å². The Balaban J connectivity index is 1.72. The van der Waals surface area contributed by atoms with Crippen molar-refractivity contribution in [1.29, 1.82) is 0 Å². The smallest absolute Gasteiger partial charge is 0.243 e. The lowest BCUT2D eigenvalue weighted by atomic mass is 10.2. The topological polar surface area (TPSA) is 75.9 Å². The summed E-state index contributed by atoms with van der Waals surface area (Å²) in [4.78, 5) is 2.34. The van der Waals surface area contributed by atoms with Gasteiger partial charge in [0, 0.05) is 31.9 Å². The van der Waals surface area contributed by atoms with Gasteiger partial charge in [-0.15, -0.1) is 0 Å². The molecule has 0 atom stereocenters. The molecule has 25 heavy (non-hydrogen) atoms. The van der Waals surface area contributed by atoms with Gasteiger partial charge in [-0.25, -0.2) is 8.42 Å². The van der Waals surface area contributed by atoms with Crippen LogP contribution in [0.4, 0.5) is 11.4 Å². The van der Waals surface area contributed by atoms with Crippen molar-refractivity contribution < 1.29 is 13.2 Å². The molecule has 1 heterocycles. The van der Waals surface area contributed by atoms with Gasteiger partial charge in [0.05, 0.1) is 22.7 Å². The van der Waals surface area contributed by atoms with Gasteiger partial charge in [0.2, 0.25) is 10.0 Å². The van der Waals surface area contributed by atoms with Gasteiger partial charge in [0.15, 0.2) is 0 Å². The summed E-state index contributed by atoms with van der Waals surface area (Å²) in [7, 11) is -1.96. The molecule has 2 N–H and O–H groups in total. The summed E-state index contributed by atoms with van der Waals surface area (Å²) in [6.07, 6.45) is 0. The van der Waals surface area contributed by atoms with Crippen LogP contribution < -0.4 is 15.4 Å². The van der Waals surface area contributed by atoms with Gasteiger partial charge in [0.1, 0.15) is 5.75 Å². The highest BCUT2D eigenvalue weighted by Gasteiger charge is 2.29. The SMILES string of the molecule is COc1ccc(S(=O)(=O)N2CCN(c3ccc(N)cc3Cl)CC2)cc1. The highest BCUT2D eigenvalue weighted by Crippen LogP contribution is 2.29. The molecule has 0 spiro atoms. The van der Waals surface area contributed by atoms with Gasteiger partial charge in [-0.1, -0.05) is 11.6 Å². The quantitative estimate of drug-likeness (QED) is 0.823. The number of nitrogens with zero attached hydrogens (tertiary/aromatic N) is 2. The second-order valence-corrected chi connectivity index (χ2v) is 8.12. The zero-order chi connectivity index (χ0) is 18.0. The number of methoxy groups -OCH3 is 1. The molecule has 6 nitrogen and oxygen atoms in total. The Bertz CT molecular complexity index is 848. The molecule has 134 valence electrons. The molecule has 1 saturated heterocycles. The standard InChI is InChI=1S/C17H20ClN3O3S/c1-24-14-3-5-15(6-4-14)25(22,23)21-10-8-20(9-11-21)17-7-2-13(19)12-16(17)18/h2-7,12H,8-11,19H2,1H3. The summed E-state index contributed by atoms with van der Waals surface area (Å²) >= 11 is 6.25. The molecular formula is C17H20ClN3O3S. The lowest BCUT2D eigenvalue weighted by Gasteiger charge is -2.35. The molecule has 0 radical (unpaired) electrons. The van der Waals surface area contributed by atoms with Crippen molar-refractivity contribution in [3.05, 3.63) is 47.5 Å². The fourth-order valence-corrected chi connectivity index (χ4v) is 4.58. The monoisotopic (exact) mass is 381 g/mol. The van der Waals surface area contributed by atoms with Crippen LogP contribution in [-0.2, 0) is 10.0 Å². The maximum atomic E-state index is 12.8. The molecule has 0 amide bonds. The van der Waals surface area contributed by atoms with E-state index in [9.17, 15) is 8.42 Å². The lowest BCUT2D eigenvalue weighted by molar-refractivity contribution is 0.384. The number of benzene rings is 2. The molecule has 0 unspecified atom stereocenters. The fourth-order valence-electron chi connectivity index (χ4n) is 2.85. The van der Waals surface area contributed by atoms with E-state index >= 15 is 0 Å². The van der Waals surface area contributed by atoms with Crippen LogP contribution in [-0.4, -0.2) is 46.0 Å². The molecule has 0 aromatic heterocycles. The van der Waals surface area contributed by atoms with Crippen LogP contribution in [0.5, 0.6) is 5.75 Å². The Morgan fingerprint density at radius 1 is 1.04 bits per heavy atom. The molecule has 1 fully saturated rings. The predicted molar refractivity (Wildman–Crippen MR) is 99.8 cm³/mol. The minimum Gasteiger partial charge on any atom is -0.497 e. The van der Waals surface area contributed by atoms with Crippen molar-refractivity contribution in [1.82, 2.24) is 4.31 Å². The molecule has 2 aromatic rings. The zero-order valence-corrected chi connectivity index (χ0v) is 15.4. The Morgan fingerprint density at radius 2 is 1.68 bits per heavy atom. The van der Waals surface area contributed by atoms with E-state index in [4.69, 9.17) is 22.1 Å². The van der Waals surface area contributed by atoms with Crippen molar-refractivity contribution in [2.45, 2.75) is 4.90 Å². The van der Waals surface area contributed by atoms with E-state index < -0.39 is 10.0 Å². The van der Waals surface area contributed by atoms with Crippen LogP contribution in [0.15, 0.2) is 47.4 Å².